The molecule has 1 N–H and O–H groups in total. The van der Waals surface area contributed by atoms with Crippen LogP contribution in [-0.4, -0.2) is 29.1 Å². The molecule has 6 nitrogen and oxygen atoms in total. The molecule has 146 valence electrons. The molecule has 2 aromatic heterocycles. The van der Waals surface area contributed by atoms with E-state index in [1.165, 1.54) is 22.2 Å². The van der Waals surface area contributed by atoms with E-state index in [4.69, 9.17) is 4.74 Å². The van der Waals surface area contributed by atoms with Gasteiger partial charge in [0, 0.05) is 11.4 Å². The molecule has 0 unspecified atom stereocenters. The van der Waals surface area contributed by atoms with Gasteiger partial charge in [0.2, 0.25) is 5.91 Å². The highest BCUT2D eigenvalue weighted by molar-refractivity contribution is 7.18. The summed E-state index contributed by atoms with van der Waals surface area (Å²) in [6.45, 7) is 0.512. The Labute approximate surface area is 167 Å². The number of aryl methyl sites for hydroxylation is 2. The second kappa shape index (κ2) is 8.14. The fourth-order valence-corrected chi connectivity index (χ4v) is 4.86. The van der Waals surface area contributed by atoms with Crippen LogP contribution in [0.5, 0.6) is 5.75 Å². The lowest BCUT2D eigenvalue weighted by atomic mass is 9.97. The molecule has 1 aliphatic carbocycles. The lowest BCUT2D eigenvalue weighted by molar-refractivity contribution is -0.121. The summed E-state index contributed by atoms with van der Waals surface area (Å²) in [5, 5.41) is 3.60. The van der Waals surface area contributed by atoms with Crippen LogP contribution in [0.3, 0.4) is 0 Å². The number of carbonyl (C=O) groups is 1. The summed E-state index contributed by atoms with van der Waals surface area (Å²) in [6.07, 6.45) is 6.46. The van der Waals surface area contributed by atoms with E-state index in [0.29, 0.717) is 11.9 Å². The predicted octanol–water partition coefficient (Wildman–Crippen LogP) is 2.70. The Kier molecular flexibility index (Phi) is 5.43. The topological polar surface area (TPSA) is 73.2 Å². The summed E-state index contributed by atoms with van der Waals surface area (Å²) in [5.74, 6) is 0.631. The van der Waals surface area contributed by atoms with Crippen molar-refractivity contribution in [2.75, 3.05) is 13.7 Å². The molecule has 0 radical (unpaired) electrons. The van der Waals surface area contributed by atoms with Gasteiger partial charge in [-0.1, -0.05) is 12.1 Å². The van der Waals surface area contributed by atoms with E-state index in [1.54, 1.807) is 18.4 Å². The molecule has 1 aliphatic rings. The molecular formula is C21H23N3O3S. The number of fused-ring (bicyclic) bond motifs is 3. The monoisotopic (exact) mass is 397 g/mol. The lowest BCUT2D eigenvalue weighted by Crippen LogP contribution is -2.33. The van der Waals surface area contributed by atoms with E-state index in [0.717, 1.165) is 47.4 Å². The van der Waals surface area contributed by atoms with E-state index in [-0.39, 0.29) is 18.0 Å². The van der Waals surface area contributed by atoms with Gasteiger partial charge in [0.05, 0.1) is 18.8 Å². The van der Waals surface area contributed by atoms with Gasteiger partial charge in [-0.3, -0.25) is 14.2 Å². The highest BCUT2D eigenvalue weighted by Gasteiger charge is 2.20. The maximum atomic E-state index is 12.9. The standard InChI is InChI=1S/C21H23N3O3S/c1-27-15-8-6-14(7-9-15)10-11-22-18(25)12-24-13-23-20-19(21(24)26)16-4-2-3-5-17(16)28-20/h6-9,13H,2-5,10-12H2,1H3,(H,22,25). The van der Waals surface area contributed by atoms with Crippen molar-refractivity contribution < 1.29 is 9.53 Å². The van der Waals surface area contributed by atoms with Gasteiger partial charge in [-0.25, -0.2) is 4.98 Å². The zero-order valence-corrected chi connectivity index (χ0v) is 16.7. The zero-order chi connectivity index (χ0) is 19.5. The van der Waals surface area contributed by atoms with Crippen molar-refractivity contribution >= 4 is 27.5 Å². The van der Waals surface area contributed by atoms with E-state index in [2.05, 4.69) is 10.3 Å². The van der Waals surface area contributed by atoms with Crippen LogP contribution in [0.25, 0.3) is 10.2 Å². The zero-order valence-electron chi connectivity index (χ0n) is 15.9. The van der Waals surface area contributed by atoms with Gasteiger partial charge in [0.15, 0.2) is 0 Å². The Hall–Kier alpha value is -2.67. The third-order valence-electron chi connectivity index (χ3n) is 5.15. The fraction of sp³-hybridized carbons (Fsp3) is 0.381. The Bertz CT molecular complexity index is 1050. The first-order valence-corrected chi connectivity index (χ1v) is 10.4. The lowest BCUT2D eigenvalue weighted by Gasteiger charge is -2.10. The molecule has 0 saturated heterocycles. The van der Waals surface area contributed by atoms with Crippen LogP contribution in [0.1, 0.15) is 28.8 Å². The average molecular weight is 398 g/mol. The first kappa shape index (κ1) is 18.7. The van der Waals surface area contributed by atoms with Gasteiger partial charge < -0.3 is 10.1 Å². The van der Waals surface area contributed by atoms with Crippen molar-refractivity contribution in [2.45, 2.75) is 38.6 Å². The van der Waals surface area contributed by atoms with Crippen LogP contribution in [0.4, 0.5) is 0 Å². The minimum absolute atomic E-state index is 0.00495. The molecule has 1 aromatic carbocycles. The van der Waals surface area contributed by atoms with Gasteiger partial charge in [-0.15, -0.1) is 11.3 Å². The first-order chi connectivity index (χ1) is 13.7. The number of nitrogens with one attached hydrogen (secondary N) is 1. The van der Waals surface area contributed by atoms with Crippen molar-refractivity contribution in [3.8, 4) is 5.75 Å². The summed E-state index contributed by atoms with van der Waals surface area (Å²) in [7, 11) is 1.63. The Morgan fingerprint density at radius 2 is 2.04 bits per heavy atom. The third kappa shape index (κ3) is 3.80. The van der Waals surface area contributed by atoms with Gasteiger partial charge in [0.1, 0.15) is 17.1 Å². The molecule has 3 aromatic rings. The van der Waals surface area contributed by atoms with Gasteiger partial charge in [-0.2, -0.15) is 0 Å². The maximum Gasteiger partial charge on any atom is 0.262 e. The fourth-order valence-electron chi connectivity index (χ4n) is 3.64. The average Bonchev–Trinajstić information content (AvgIpc) is 3.10. The molecular weight excluding hydrogens is 374 g/mol. The molecule has 0 bridgehead atoms. The minimum Gasteiger partial charge on any atom is -0.497 e. The third-order valence-corrected chi connectivity index (χ3v) is 6.35. The predicted molar refractivity (Wildman–Crippen MR) is 110 cm³/mol. The van der Waals surface area contributed by atoms with Gasteiger partial charge in [-0.05, 0) is 55.4 Å². The molecule has 0 atom stereocenters. The Morgan fingerprint density at radius 1 is 1.25 bits per heavy atom. The highest BCUT2D eigenvalue weighted by Crippen LogP contribution is 2.33. The number of methoxy groups -OCH3 is 1. The molecule has 4 rings (SSSR count). The van der Waals surface area contributed by atoms with Crippen molar-refractivity contribution in [3.63, 3.8) is 0 Å². The van der Waals surface area contributed by atoms with Crippen LogP contribution in [0.2, 0.25) is 0 Å². The first-order valence-electron chi connectivity index (χ1n) is 9.55. The van der Waals surface area contributed by atoms with E-state index in [9.17, 15) is 9.59 Å². The van der Waals surface area contributed by atoms with Gasteiger partial charge >= 0.3 is 0 Å². The second-order valence-corrected chi connectivity index (χ2v) is 8.10. The highest BCUT2D eigenvalue weighted by atomic mass is 32.1. The quantitative estimate of drug-likeness (QED) is 0.694. The molecule has 28 heavy (non-hydrogen) atoms. The molecule has 0 aliphatic heterocycles. The van der Waals surface area contributed by atoms with E-state index >= 15 is 0 Å². The SMILES string of the molecule is COc1ccc(CCNC(=O)Cn2cnc3sc4c(c3c2=O)CCCC4)cc1. The van der Waals surface area contributed by atoms with Crippen LogP contribution >= 0.6 is 11.3 Å². The number of rotatable bonds is 6. The number of nitrogens with zero attached hydrogens (tertiary/aromatic N) is 2. The number of ether oxygens (including phenoxy) is 1. The van der Waals surface area contributed by atoms with Crippen molar-refractivity contribution in [2.24, 2.45) is 0 Å². The van der Waals surface area contributed by atoms with Crippen LogP contribution in [0, 0.1) is 0 Å². The molecule has 1 amide bonds. The number of carbonyl (C=O) groups excluding carboxylic acids is 1. The summed E-state index contributed by atoms with van der Waals surface area (Å²) in [4.78, 5) is 31.7. The van der Waals surface area contributed by atoms with Crippen molar-refractivity contribution in [3.05, 3.63) is 57.0 Å². The molecule has 0 fully saturated rings. The Morgan fingerprint density at radius 3 is 2.82 bits per heavy atom. The maximum absolute atomic E-state index is 12.9. The van der Waals surface area contributed by atoms with Gasteiger partial charge in [0.25, 0.3) is 5.56 Å². The summed E-state index contributed by atoms with van der Waals surface area (Å²) in [6, 6.07) is 7.76. The van der Waals surface area contributed by atoms with Crippen molar-refractivity contribution in [1.82, 2.24) is 14.9 Å². The smallest absolute Gasteiger partial charge is 0.262 e. The normalized spacial score (nSPS) is 13.3. The Balaban J connectivity index is 1.40. The van der Waals surface area contributed by atoms with E-state index in [1.807, 2.05) is 24.3 Å². The number of hydrogen-bond donors (Lipinski definition) is 1. The van der Waals surface area contributed by atoms with E-state index < -0.39 is 0 Å². The number of benzene rings is 1. The number of thiophene rings is 1. The van der Waals surface area contributed by atoms with Crippen LogP contribution < -0.4 is 15.6 Å². The largest absolute Gasteiger partial charge is 0.497 e. The number of hydrogen-bond acceptors (Lipinski definition) is 5. The summed E-state index contributed by atoms with van der Waals surface area (Å²) >= 11 is 1.62. The van der Waals surface area contributed by atoms with Crippen molar-refractivity contribution in [1.29, 1.82) is 0 Å². The summed E-state index contributed by atoms with van der Waals surface area (Å²) < 4.78 is 6.56. The summed E-state index contributed by atoms with van der Waals surface area (Å²) in [5.41, 5.74) is 2.17. The van der Waals surface area contributed by atoms with Crippen LogP contribution in [-0.2, 0) is 30.6 Å². The number of aromatic nitrogens is 2. The molecule has 0 saturated carbocycles. The molecule has 2 heterocycles. The van der Waals surface area contributed by atoms with Crippen LogP contribution in [0.15, 0.2) is 35.4 Å². The minimum atomic E-state index is -0.180. The molecule has 7 heteroatoms. The second-order valence-electron chi connectivity index (χ2n) is 7.02. The number of amides is 1. The molecule has 0 spiro atoms.